The number of aryl methyl sites for hydroxylation is 1. The van der Waals surface area contributed by atoms with Crippen molar-refractivity contribution < 1.29 is 13.6 Å². The van der Waals surface area contributed by atoms with Gasteiger partial charge in [-0.05, 0) is 28.1 Å². The number of hydrogen-bond donors (Lipinski definition) is 1. The molecule has 0 spiro atoms. The average molecular weight is 330 g/mol. The summed E-state index contributed by atoms with van der Waals surface area (Å²) in [6.45, 7) is 0. The Hall–Kier alpha value is -1.76. The fourth-order valence-corrected chi connectivity index (χ4v) is 1.98. The van der Waals surface area contributed by atoms with Crippen LogP contribution in [0.5, 0.6) is 0 Å². The Morgan fingerprint density at radius 3 is 2.74 bits per heavy atom. The van der Waals surface area contributed by atoms with Crippen LogP contribution in [0.3, 0.4) is 0 Å². The Morgan fingerprint density at radius 2 is 2.11 bits per heavy atom. The van der Waals surface area contributed by atoms with Gasteiger partial charge in [0.2, 0.25) is 0 Å². The van der Waals surface area contributed by atoms with Crippen molar-refractivity contribution in [3.63, 3.8) is 0 Å². The van der Waals surface area contributed by atoms with Crippen LogP contribution in [0.1, 0.15) is 22.5 Å². The van der Waals surface area contributed by atoms with Gasteiger partial charge in [0.15, 0.2) is 0 Å². The van der Waals surface area contributed by atoms with E-state index in [4.69, 9.17) is 0 Å². The van der Waals surface area contributed by atoms with Crippen LogP contribution in [0.15, 0.2) is 34.9 Å². The van der Waals surface area contributed by atoms with Crippen LogP contribution in [0.25, 0.3) is 0 Å². The number of rotatable bonds is 3. The molecule has 4 nitrogen and oxygen atoms in total. The van der Waals surface area contributed by atoms with Crippen LogP contribution >= 0.6 is 15.9 Å². The topological polar surface area (TPSA) is 46.9 Å². The van der Waals surface area contributed by atoms with E-state index in [1.165, 1.54) is 17.9 Å². The molecule has 100 valence electrons. The van der Waals surface area contributed by atoms with Crippen LogP contribution in [-0.4, -0.2) is 15.7 Å². The molecular weight excluding hydrogens is 320 g/mol. The number of hydrogen-bond acceptors (Lipinski definition) is 2. The number of alkyl halides is 2. The summed E-state index contributed by atoms with van der Waals surface area (Å²) in [4.78, 5) is 12.0. The van der Waals surface area contributed by atoms with E-state index in [-0.39, 0.29) is 5.56 Å². The molecule has 0 aliphatic heterocycles. The van der Waals surface area contributed by atoms with Gasteiger partial charge < -0.3 is 5.32 Å². The number of para-hydroxylation sites is 1. The number of carbonyl (C=O) groups excluding carboxylic acids is 1. The third-order valence-electron chi connectivity index (χ3n) is 2.43. The molecule has 0 fully saturated rings. The Morgan fingerprint density at radius 1 is 1.42 bits per heavy atom. The summed E-state index contributed by atoms with van der Waals surface area (Å²) in [7, 11) is 1.49. The predicted molar refractivity (Wildman–Crippen MR) is 70.3 cm³/mol. The molecule has 1 heterocycles. The molecule has 0 atom stereocenters. The number of anilines is 1. The number of nitrogens with zero attached hydrogens (tertiary/aromatic N) is 2. The largest absolute Gasteiger partial charge is 0.321 e. The number of amides is 1. The minimum absolute atomic E-state index is 0.131. The van der Waals surface area contributed by atoms with Crippen LogP contribution in [0.2, 0.25) is 0 Å². The minimum atomic E-state index is -2.79. The summed E-state index contributed by atoms with van der Waals surface area (Å²) in [5.41, 5.74) is -0.142. The van der Waals surface area contributed by atoms with Gasteiger partial charge in [-0.2, -0.15) is 5.10 Å². The smallest absolute Gasteiger partial charge is 0.282 e. The minimum Gasteiger partial charge on any atom is -0.321 e. The second kappa shape index (κ2) is 5.48. The Balaban J connectivity index is 2.28. The second-order valence-corrected chi connectivity index (χ2v) is 4.69. The molecule has 0 bridgehead atoms. The molecule has 1 aromatic carbocycles. The number of benzene rings is 1. The summed E-state index contributed by atoms with van der Waals surface area (Å²) >= 11 is 3.27. The predicted octanol–water partition coefficient (Wildman–Crippen LogP) is 3.37. The van der Waals surface area contributed by atoms with E-state index >= 15 is 0 Å². The molecule has 0 saturated heterocycles. The molecule has 1 N–H and O–H groups in total. The maximum absolute atomic E-state index is 12.8. The highest BCUT2D eigenvalue weighted by Crippen LogP contribution is 2.25. The standard InChI is InChI=1S/C12H10BrF2N3O/c1-18-6-7(10(17-18)11(14)15)12(19)16-9-5-3-2-4-8(9)13/h2-6,11H,1H3,(H,16,19). The lowest BCUT2D eigenvalue weighted by molar-refractivity contribution is 0.101. The Bertz CT molecular complexity index is 613. The van der Waals surface area contributed by atoms with Gasteiger partial charge in [-0.3, -0.25) is 9.48 Å². The van der Waals surface area contributed by atoms with Crippen molar-refractivity contribution in [3.05, 3.63) is 46.2 Å². The second-order valence-electron chi connectivity index (χ2n) is 3.84. The maximum atomic E-state index is 12.8. The number of carbonyl (C=O) groups is 1. The highest BCUT2D eigenvalue weighted by Gasteiger charge is 2.22. The highest BCUT2D eigenvalue weighted by molar-refractivity contribution is 9.10. The summed E-state index contributed by atoms with van der Waals surface area (Å²) in [6.07, 6.45) is -1.52. The number of aromatic nitrogens is 2. The zero-order chi connectivity index (χ0) is 14.0. The van der Waals surface area contributed by atoms with Crippen molar-refractivity contribution in [1.82, 2.24) is 9.78 Å². The van der Waals surface area contributed by atoms with Crippen molar-refractivity contribution in [3.8, 4) is 0 Å². The zero-order valence-electron chi connectivity index (χ0n) is 9.90. The first kappa shape index (κ1) is 13.7. The third kappa shape index (κ3) is 2.98. The lowest BCUT2D eigenvalue weighted by Crippen LogP contribution is -2.13. The fourth-order valence-electron chi connectivity index (χ4n) is 1.59. The quantitative estimate of drug-likeness (QED) is 0.938. The molecule has 7 heteroatoms. The van der Waals surface area contributed by atoms with E-state index in [0.717, 1.165) is 0 Å². The molecular formula is C12H10BrF2N3O. The number of halogens is 3. The van der Waals surface area contributed by atoms with Crippen molar-refractivity contribution in [1.29, 1.82) is 0 Å². The summed E-state index contributed by atoms with van der Waals surface area (Å²) in [5.74, 6) is -0.615. The van der Waals surface area contributed by atoms with Crippen molar-refractivity contribution in [2.24, 2.45) is 7.05 Å². The molecule has 0 radical (unpaired) electrons. The van der Waals surface area contributed by atoms with E-state index in [9.17, 15) is 13.6 Å². The number of nitrogens with one attached hydrogen (secondary N) is 1. The van der Waals surface area contributed by atoms with Crippen molar-refractivity contribution in [2.75, 3.05) is 5.32 Å². The summed E-state index contributed by atoms with van der Waals surface area (Å²) in [6, 6.07) is 6.93. The van der Waals surface area contributed by atoms with Gasteiger partial charge in [-0.25, -0.2) is 8.78 Å². The van der Waals surface area contributed by atoms with Gasteiger partial charge >= 0.3 is 0 Å². The zero-order valence-corrected chi connectivity index (χ0v) is 11.5. The molecule has 0 aliphatic carbocycles. The van der Waals surface area contributed by atoms with Gasteiger partial charge in [0.05, 0.1) is 11.3 Å². The normalized spacial score (nSPS) is 10.8. The average Bonchev–Trinajstić information content (AvgIpc) is 2.74. The van der Waals surface area contributed by atoms with Crippen molar-refractivity contribution in [2.45, 2.75) is 6.43 Å². The highest BCUT2D eigenvalue weighted by atomic mass is 79.9. The SMILES string of the molecule is Cn1cc(C(=O)Nc2ccccc2Br)c(C(F)F)n1. The Labute approximate surface area is 116 Å². The van der Waals surface area contributed by atoms with E-state index in [1.54, 1.807) is 24.3 Å². The van der Waals surface area contributed by atoms with Crippen molar-refractivity contribution >= 4 is 27.5 Å². The van der Waals surface area contributed by atoms with E-state index in [0.29, 0.717) is 10.2 Å². The van der Waals surface area contributed by atoms with Gasteiger partial charge in [-0.1, -0.05) is 12.1 Å². The fraction of sp³-hybridized carbons (Fsp3) is 0.167. The van der Waals surface area contributed by atoms with Crippen LogP contribution < -0.4 is 5.32 Å². The maximum Gasteiger partial charge on any atom is 0.282 e. The molecule has 2 aromatic rings. The van der Waals surface area contributed by atoms with Crippen LogP contribution in [0.4, 0.5) is 14.5 Å². The third-order valence-corrected chi connectivity index (χ3v) is 3.12. The molecule has 0 unspecified atom stereocenters. The van der Waals surface area contributed by atoms with E-state index in [1.807, 2.05) is 0 Å². The molecule has 0 saturated carbocycles. The first-order chi connectivity index (χ1) is 8.99. The molecule has 1 amide bonds. The summed E-state index contributed by atoms with van der Waals surface area (Å²) < 4.78 is 27.4. The van der Waals surface area contributed by atoms with Gasteiger partial charge in [0, 0.05) is 17.7 Å². The van der Waals surface area contributed by atoms with Crippen LogP contribution in [-0.2, 0) is 7.05 Å². The van der Waals surface area contributed by atoms with Crippen LogP contribution in [0, 0.1) is 0 Å². The molecule has 1 aromatic heterocycles. The molecule has 19 heavy (non-hydrogen) atoms. The Kier molecular flexibility index (Phi) is 3.94. The lowest BCUT2D eigenvalue weighted by atomic mass is 10.2. The van der Waals surface area contributed by atoms with Gasteiger partial charge in [-0.15, -0.1) is 0 Å². The van der Waals surface area contributed by atoms with Gasteiger partial charge in [0.1, 0.15) is 5.69 Å². The van der Waals surface area contributed by atoms with E-state index in [2.05, 4.69) is 26.3 Å². The van der Waals surface area contributed by atoms with E-state index < -0.39 is 18.0 Å². The molecule has 0 aliphatic rings. The van der Waals surface area contributed by atoms with Gasteiger partial charge in [0.25, 0.3) is 12.3 Å². The summed E-state index contributed by atoms with van der Waals surface area (Å²) in [5, 5.41) is 6.15. The first-order valence-corrected chi connectivity index (χ1v) is 6.16. The lowest BCUT2D eigenvalue weighted by Gasteiger charge is -2.06. The first-order valence-electron chi connectivity index (χ1n) is 5.36. The monoisotopic (exact) mass is 329 g/mol. The molecule has 2 rings (SSSR count).